The quantitative estimate of drug-likeness (QED) is 0.559. The molecule has 184 valence electrons. The molecule has 0 unspecified atom stereocenters. The van der Waals surface area contributed by atoms with Crippen LogP contribution >= 0.6 is 0 Å². The molecule has 0 saturated heterocycles. The Morgan fingerprint density at radius 2 is 2.00 bits per heavy atom. The Balaban J connectivity index is 1.66. The van der Waals surface area contributed by atoms with Crippen molar-refractivity contribution in [2.75, 3.05) is 26.7 Å². The van der Waals surface area contributed by atoms with E-state index in [4.69, 9.17) is 4.74 Å². The number of aromatic nitrogens is 2. The van der Waals surface area contributed by atoms with Crippen molar-refractivity contribution in [3.8, 4) is 17.0 Å². The maximum Gasteiger partial charge on any atom is 0.259 e. The summed E-state index contributed by atoms with van der Waals surface area (Å²) in [5.74, 6) is -0.383. The first-order valence-electron chi connectivity index (χ1n) is 11.8. The van der Waals surface area contributed by atoms with Crippen molar-refractivity contribution in [2.45, 2.75) is 32.5 Å². The Kier molecular flexibility index (Phi) is 7.73. The van der Waals surface area contributed by atoms with Crippen LogP contribution in [0.15, 0.2) is 61.1 Å². The van der Waals surface area contributed by atoms with E-state index in [-0.39, 0.29) is 42.3 Å². The van der Waals surface area contributed by atoms with Crippen LogP contribution in [0, 0.1) is 11.7 Å². The number of nitrogens with zero attached hydrogens (tertiary/aromatic N) is 4. The second-order valence-corrected chi connectivity index (χ2v) is 9.26. The highest BCUT2D eigenvalue weighted by molar-refractivity contribution is 5.98. The number of aliphatic hydroxyl groups excluding tert-OH is 1. The molecule has 0 saturated carbocycles. The van der Waals surface area contributed by atoms with E-state index in [9.17, 15) is 14.3 Å². The first kappa shape index (κ1) is 24.8. The summed E-state index contributed by atoms with van der Waals surface area (Å²) in [6, 6.07) is 11.5. The van der Waals surface area contributed by atoms with Gasteiger partial charge in [-0.15, -0.1) is 0 Å². The van der Waals surface area contributed by atoms with Gasteiger partial charge in [-0.2, -0.15) is 0 Å². The van der Waals surface area contributed by atoms with Crippen molar-refractivity contribution in [3.05, 3.63) is 78.0 Å². The molecule has 0 radical (unpaired) electrons. The third kappa shape index (κ3) is 5.83. The molecule has 35 heavy (non-hydrogen) atoms. The third-order valence-corrected chi connectivity index (χ3v) is 6.37. The molecule has 2 aromatic heterocycles. The fourth-order valence-electron chi connectivity index (χ4n) is 4.32. The molecule has 1 N–H and O–H groups in total. The minimum Gasteiger partial charge on any atom is -0.472 e. The van der Waals surface area contributed by atoms with Crippen LogP contribution in [0.25, 0.3) is 11.1 Å². The molecule has 3 aromatic rings. The number of carbonyl (C=O) groups is 1. The molecule has 3 atom stereocenters. The molecular weight excluding hydrogens is 447 g/mol. The average molecular weight is 479 g/mol. The van der Waals surface area contributed by atoms with Crippen molar-refractivity contribution >= 4 is 5.91 Å². The van der Waals surface area contributed by atoms with Crippen LogP contribution < -0.4 is 4.74 Å². The lowest BCUT2D eigenvalue weighted by molar-refractivity contribution is 0.0325. The zero-order valence-corrected chi connectivity index (χ0v) is 20.3. The Bertz CT molecular complexity index is 1160. The number of pyridine rings is 2. The summed E-state index contributed by atoms with van der Waals surface area (Å²) in [6.07, 6.45) is 4.90. The highest BCUT2D eigenvalue weighted by Gasteiger charge is 2.34. The summed E-state index contributed by atoms with van der Waals surface area (Å²) >= 11 is 0. The summed E-state index contributed by atoms with van der Waals surface area (Å²) in [5, 5.41) is 9.84. The van der Waals surface area contributed by atoms with Crippen LogP contribution in [-0.2, 0) is 6.54 Å². The SMILES string of the molecule is C[C@@H]1CN([C@H](C)CO)C(=O)c2cc(-c3cccc(F)c3)cnc2O[C@H]1CN(C)Cc1ccncc1. The number of rotatable bonds is 7. The fourth-order valence-corrected chi connectivity index (χ4v) is 4.32. The smallest absolute Gasteiger partial charge is 0.259 e. The monoisotopic (exact) mass is 478 g/mol. The van der Waals surface area contributed by atoms with Crippen LogP contribution in [0.1, 0.15) is 29.8 Å². The average Bonchev–Trinajstić information content (AvgIpc) is 2.86. The number of hydrogen-bond donors (Lipinski definition) is 1. The van der Waals surface area contributed by atoms with Gasteiger partial charge in [0, 0.05) is 49.7 Å². The van der Waals surface area contributed by atoms with Gasteiger partial charge in [-0.25, -0.2) is 9.37 Å². The van der Waals surface area contributed by atoms with E-state index in [1.165, 1.54) is 12.1 Å². The van der Waals surface area contributed by atoms with Gasteiger partial charge in [-0.3, -0.25) is 14.7 Å². The van der Waals surface area contributed by atoms with Gasteiger partial charge in [0.15, 0.2) is 0 Å². The summed E-state index contributed by atoms with van der Waals surface area (Å²) in [5.41, 5.74) is 2.70. The van der Waals surface area contributed by atoms with E-state index < -0.39 is 0 Å². The molecule has 0 bridgehead atoms. The molecule has 1 aliphatic rings. The van der Waals surface area contributed by atoms with Crippen LogP contribution in [0.2, 0.25) is 0 Å². The summed E-state index contributed by atoms with van der Waals surface area (Å²) in [6.45, 7) is 5.48. The summed E-state index contributed by atoms with van der Waals surface area (Å²) in [7, 11) is 2.02. The molecule has 3 heterocycles. The number of aliphatic hydroxyl groups is 1. The van der Waals surface area contributed by atoms with Crippen LogP contribution in [0.5, 0.6) is 5.88 Å². The van der Waals surface area contributed by atoms with Crippen LogP contribution in [-0.4, -0.2) is 69.7 Å². The van der Waals surface area contributed by atoms with Gasteiger partial charge < -0.3 is 14.7 Å². The molecule has 4 rings (SSSR count). The topological polar surface area (TPSA) is 78.8 Å². The number of fused-ring (bicyclic) bond motifs is 1. The molecule has 0 aliphatic carbocycles. The van der Waals surface area contributed by atoms with Gasteiger partial charge in [0.2, 0.25) is 5.88 Å². The molecule has 1 aromatic carbocycles. The van der Waals surface area contributed by atoms with Crippen LogP contribution in [0.3, 0.4) is 0 Å². The number of likely N-dealkylation sites (N-methyl/N-ethyl adjacent to an activating group) is 1. The molecule has 0 spiro atoms. The number of amides is 1. The second-order valence-electron chi connectivity index (χ2n) is 9.26. The number of hydrogen-bond acceptors (Lipinski definition) is 6. The summed E-state index contributed by atoms with van der Waals surface area (Å²) in [4.78, 5) is 26.0. The molecule has 7 nitrogen and oxygen atoms in total. The van der Waals surface area contributed by atoms with Gasteiger partial charge in [-0.05, 0) is 55.4 Å². The lowest BCUT2D eigenvalue weighted by Crippen LogP contribution is -2.49. The Morgan fingerprint density at radius 3 is 2.71 bits per heavy atom. The maximum absolute atomic E-state index is 13.8. The second kappa shape index (κ2) is 10.9. The third-order valence-electron chi connectivity index (χ3n) is 6.37. The maximum atomic E-state index is 13.8. The zero-order valence-electron chi connectivity index (χ0n) is 20.3. The largest absolute Gasteiger partial charge is 0.472 e. The van der Waals surface area contributed by atoms with Gasteiger partial charge in [0.1, 0.15) is 17.5 Å². The van der Waals surface area contributed by atoms with Crippen molar-refractivity contribution in [1.82, 2.24) is 19.8 Å². The predicted octanol–water partition coefficient (Wildman–Crippen LogP) is 3.63. The minimum absolute atomic E-state index is 0.00862. The predicted molar refractivity (Wildman–Crippen MR) is 131 cm³/mol. The van der Waals surface area contributed by atoms with Crippen LogP contribution in [0.4, 0.5) is 4.39 Å². The van der Waals surface area contributed by atoms with Crippen molar-refractivity contribution in [2.24, 2.45) is 5.92 Å². The van der Waals surface area contributed by atoms with E-state index >= 15 is 0 Å². The zero-order chi connectivity index (χ0) is 24.9. The normalized spacial score (nSPS) is 19.0. The van der Waals surface area contributed by atoms with Crippen molar-refractivity contribution < 1.29 is 19.0 Å². The lowest BCUT2D eigenvalue weighted by atomic mass is 9.99. The van der Waals surface area contributed by atoms with E-state index in [0.29, 0.717) is 29.8 Å². The number of halogens is 1. The molecule has 8 heteroatoms. The highest BCUT2D eigenvalue weighted by Crippen LogP contribution is 2.30. The van der Waals surface area contributed by atoms with Gasteiger partial charge in [0.05, 0.1) is 12.6 Å². The Morgan fingerprint density at radius 1 is 1.23 bits per heavy atom. The number of ether oxygens (including phenoxy) is 1. The molecule has 1 aliphatic heterocycles. The van der Waals surface area contributed by atoms with Gasteiger partial charge in [-0.1, -0.05) is 19.1 Å². The fraction of sp³-hybridized carbons (Fsp3) is 0.370. The molecular formula is C27H31FN4O3. The van der Waals surface area contributed by atoms with Gasteiger partial charge >= 0.3 is 0 Å². The van der Waals surface area contributed by atoms with E-state index in [1.807, 2.05) is 33.0 Å². The lowest BCUT2D eigenvalue weighted by Gasteiger charge is -2.37. The minimum atomic E-state index is -0.371. The van der Waals surface area contributed by atoms with Crippen molar-refractivity contribution in [1.29, 1.82) is 0 Å². The highest BCUT2D eigenvalue weighted by atomic mass is 19.1. The van der Waals surface area contributed by atoms with Gasteiger partial charge in [0.25, 0.3) is 5.91 Å². The first-order valence-corrected chi connectivity index (χ1v) is 11.8. The van der Waals surface area contributed by atoms with E-state index in [0.717, 1.165) is 12.1 Å². The molecule has 0 fully saturated rings. The van der Waals surface area contributed by atoms with E-state index in [1.54, 1.807) is 41.7 Å². The summed E-state index contributed by atoms with van der Waals surface area (Å²) < 4.78 is 20.2. The number of benzene rings is 1. The van der Waals surface area contributed by atoms with Crippen molar-refractivity contribution in [3.63, 3.8) is 0 Å². The standard InChI is InChI=1S/C27H31FN4O3/c1-18-14-32(19(2)17-33)27(34)24-12-22(21-5-4-6-23(28)11-21)13-30-26(24)35-25(18)16-31(3)15-20-7-9-29-10-8-20/h4-13,18-19,25,33H,14-17H2,1-3H3/t18-,19-,25+/m1/s1. The molecule has 1 amide bonds. The van der Waals surface area contributed by atoms with E-state index in [2.05, 4.69) is 14.9 Å². The Labute approximate surface area is 205 Å². The first-order chi connectivity index (χ1) is 16.9. The number of carbonyl (C=O) groups excluding carboxylic acids is 1. The Hall–Kier alpha value is -3.36.